The Kier molecular flexibility index (Phi) is 9.37. The Bertz CT molecular complexity index is 897. The molecule has 0 radical (unpaired) electrons. The molecule has 2 heterocycles. The molecule has 0 atom stereocenters. The van der Waals surface area contributed by atoms with Gasteiger partial charge in [-0.05, 0) is 31.5 Å². The Morgan fingerprint density at radius 2 is 1.87 bits per heavy atom. The number of morpholine rings is 1. The van der Waals surface area contributed by atoms with E-state index in [-0.39, 0.29) is 36.1 Å². The molecule has 1 saturated heterocycles. The highest BCUT2D eigenvalue weighted by molar-refractivity contribution is 14.0. The van der Waals surface area contributed by atoms with E-state index < -0.39 is 11.7 Å². The molecule has 2 N–H and O–H groups in total. The minimum absolute atomic E-state index is 0. The number of rotatable bonds is 5. The number of thiazole rings is 1. The fourth-order valence-corrected chi connectivity index (χ4v) is 4.18. The first-order chi connectivity index (χ1) is 14.3. The Balaban J connectivity index is 0.00000341. The Labute approximate surface area is 201 Å². The van der Waals surface area contributed by atoms with Crippen LogP contribution < -0.4 is 15.5 Å². The molecule has 11 heteroatoms. The van der Waals surface area contributed by atoms with Crippen LogP contribution in [0, 0.1) is 13.8 Å². The van der Waals surface area contributed by atoms with Crippen molar-refractivity contribution >= 4 is 47.0 Å². The molecule has 1 aromatic carbocycles. The Hall–Kier alpha value is -1.60. The summed E-state index contributed by atoms with van der Waals surface area (Å²) in [6, 6.07) is 4.49. The van der Waals surface area contributed by atoms with Gasteiger partial charge >= 0.3 is 6.18 Å². The van der Waals surface area contributed by atoms with Crippen molar-refractivity contribution in [3.63, 3.8) is 0 Å². The van der Waals surface area contributed by atoms with Gasteiger partial charge in [-0.1, -0.05) is 6.07 Å². The van der Waals surface area contributed by atoms with Crippen molar-refractivity contribution in [1.82, 2.24) is 15.6 Å². The first-order valence-corrected chi connectivity index (χ1v) is 10.5. The van der Waals surface area contributed by atoms with Gasteiger partial charge in [-0.2, -0.15) is 13.2 Å². The van der Waals surface area contributed by atoms with Gasteiger partial charge in [-0.3, -0.25) is 4.99 Å². The van der Waals surface area contributed by atoms with Gasteiger partial charge in [0.25, 0.3) is 0 Å². The third-order valence-electron chi connectivity index (χ3n) is 4.86. The van der Waals surface area contributed by atoms with Crippen molar-refractivity contribution in [2.24, 2.45) is 4.99 Å². The van der Waals surface area contributed by atoms with Gasteiger partial charge < -0.3 is 20.3 Å². The minimum Gasteiger partial charge on any atom is -0.378 e. The lowest BCUT2D eigenvalue weighted by Gasteiger charge is -2.29. The molecule has 1 aromatic heterocycles. The second-order valence-corrected chi connectivity index (χ2v) is 8.25. The molecule has 172 valence electrons. The van der Waals surface area contributed by atoms with Gasteiger partial charge in [0.2, 0.25) is 0 Å². The fourth-order valence-electron chi connectivity index (χ4n) is 3.30. The Morgan fingerprint density at radius 1 is 1.19 bits per heavy atom. The number of nitrogens with zero attached hydrogens (tertiary/aromatic N) is 3. The molecule has 6 nitrogen and oxygen atoms in total. The smallest absolute Gasteiger partial charge is 0.378 e. The topological polar surface area (TPSA) is 61.8 Å². The van der Waals surface area contributed by atoms with E-state index in [0.717, 1.165) is 15.6 Å². The van der Waals surface area contributed by atoms with Crippen LogP contribution >= 0.6 is 35.3 Å². The number of aromatic nitrogens is 1. The average Bonchev–Trinajstić information content (AvgIpc) is 3.05. The maximum Gasteiger partial charge on any atom is 0.416 e. The summed E-state index contributed by atoms with van der Waals surface area (Å²) >= 11 is 1.58. The molecule has 0 bridgehead atoms. The maximum atomic E-state index is 13.7. The number of aliphatic imine (C=N–C) groups is 1. The number of benzene rings is 1. The molecule has 2 aromatic rings. The summed E-state index contributed by atoms with van der Waals surface area (Å²) in [6.45, 7) is 6.61. The van der Waals surface area contributed by atoms with Gasteiger partial charge in [0.05, 0.1) is 36.0 Å². The van der Waals surface area contributed by atoms with Crippen LogP contribution in [0.3, 0.4) is 0 Å². The van der Waals surface area contributed by atoms with E-state index in [1.165, 1.54) is 12.1 Å². The number of hydrogen-bond donors (Lipinski definition) is 2. The summed E-state index contributed by atoms with van der Waals surface area (Å²) in [7, 11) is 1.59. The van der Waals surface area contributed by atoms with Crippen molar-refractivity contribution in [3.8, 4) is 0 Å². The van der Waals surface area contributed by atoms with Gasteiger partial charge in [0, 0.05) is 37.2 Å². The molecule has 0 aliphatic carbocycles. The Morgan fingerprint density at radius 3 is 2.45 bits per heavy atom. The van der Waals surface area contributed by atoms with E-state index in [1.807, 2.05) is 18.7 Å². The summed E-state index contributed by atoms with van der Waals surface area (Å²) < 4.78 is 46.4. The summed E-state index contributed by atoms with van der Waals surface area (Å²) in [5.41, 5.74) is 1.04. The van der Waals surface area contributed by atoms with Crippen LogP contribution in [0.25, 0.3) is 0 Å². The number of hydrogen-bond acceptors (Lipinski definition) is 5. The van der Waals surface area contributed by atoms with Gasteiger partial charge in [0.1, 0.15) is 0 Å². The van der Waals surface area contributed by atoms with Crippen molar-refractivity contribution in [3.05, 3.63) is 44.9 Å². The maximum absolute atomic E-state index is 13.7. The van der Waals surface area contributed by atoms with Gasteiger partial charge in [0.15, 0.2) is 5.96 Å². The van der Waals surface area contributed by atoms with Crippen LogP contribution in [-0.4, -0.2) is 44.3 Å². The minimum atomic E-state index is -4.44. The lowest BCUT2D eigenvalue weighted by atomic mass is 10.0. The second-order valence-electron chi connectivity index (χ2n) is 6.96. The van der Waals surface area contributed by atoms with Crippen LogP contribution in [0.15, 0.2) is 23.2 Å². The molecule has 0 spiro atoms. The molecule has 0 amide bonds. The molecular formula is C20H27F3IN5OS. The zero-order valence-electron chi connectivity index (χ0n) is 17.7. The number of halogens is 4. The van der Waals surface area contributed by atoms with E-state index in [1.54, 1.807) is 24.5 Å². The third-order valence-corrected chi connectivity index (χ3v) is 5.93. The molecule has 31 heavy (non-hydrogen) atoms. The molecule has 1 fully saturated rings. The number of alkyl halides is 3. The van der Waals surface area contributed by atoms with Crippen molar-refractivity contribution in [2.75, 3.05) is 38.3 Å². The highest BCUT2D eigenvalue weighted by Gasteiger charge is 2.34. The normalized spacial score (nSPS) is 14.9. The summed E-state index contributed by atoms with van der Waals surface area (Å²) in [6.07, 6.45) is -4.44. The molecular weight excluding hydrogens is 542 g/mol. The molecule has 3 rings (SSSR count). The van der Waals surface area contributed by atoms with E-state index in [2.05, 4.69) is 20.6 Å². The molecule has 1 aliphatic rings. The predicted molar refractivity (Wildman–Crippen MR) is 129 cm³/mol. The monoisotopic (exact) mass is 569 g/mol. The van der Waals surface area contributed by atoms with E-state index in [0.29, 0.717) is 44.5 Å². The average molecular weight is 569 g/mol. The number of aryl methyl sites for hydroxylation is 2. The van der Waals surface area contributed by atoms with E-state index in [9.17, 15) is 13.2 Å². The first kappa shape index (κ1) is 25.7. The van der Waals surface area contributed by atoms with Crippen LogP contribution in [0.1, 0.15) is 26.7 Å². The first-order valence-electron chi connectivity index (χ1n) is 9.68. The largest absolute Gasteiger partial charge is 0.416 e. The van der Waals surface area contributed by atoms with E-state index in [4.69, 9.17) is 4.74 Å². The standard InChI is InChI=1S/C20H26F3N5OS.HI/c1-13-18(30-14(2)27-13)12-26-19(24-3)25-11-15-4-5-16(10-17(15)20(21,22)23)28-6-8-29-9-7-28;/h4-5,10H,6-9,11-12H2,1-3H3,(H2,24,25,26);1H. The zero-order valence-corrected chi connectivity index (χ0v) is 20.8. The zero-order chi connectivity index (χ0) is 21.7. The number of anilines is 1. The quantitative estimate of drug-likeness (QED) is 0.323. The van der Waals surface area contributed by atoms with Crippen LogP contribution in [0.4, 0.5) is 18.9 Å². The number of nitrogens with one attached hydrogen (secondary N) is 2. The second kappa shape index (κ2) is 11.3. The van der Waals surface area contributed by atoms with Crippen molar-refractivity contribution in [2.45, 2.75) is 33.1 Å². The molecule has 0 unspecified atom stereocenters. The number of ether oxygens (including phenoxy) is 1. The van der Waals surface area contributed by atoms with Gasteiger partial charge in [-0.15, -0.1) is 35.3 Å². The number of guanidine groups is 1. The predicted octanol–water partition coefficient (Wildman–Crippen LogP) is 4.10. The lowest BCUT2D eigenvalue weighted by molar-refractivity contribution is -0.138. The third kappa shape index (κ3) is 6.94. The summed E-state index contributed by atoms with van der Waals surface area (Å²) in [5, 5.41) is 7.10. The molecule has 1 aliphatic heterocycles. The SMILES string of the molecule is CN=C(NCc1ccc(N2CCOCC2)cc1C(F)(F)F)NCc1sc(C)nc1C.I. The van der Waals surface area contributed by atoms with Crippen LogP contribution in [0.2, 0.25) is 0 Å². The highest BCUT2D eigenvalue weighted by atomic mass is 127. The van der Waals surface area contributed by atoms with Crippen LogP contribution in [-0.2, 0) is 24.0 Å². The lowest BCUT2D eigenvalue weighted by Crippen LogP contribution is -2.37. The fraction of sp³-hybridized carbons (Fsp3) is 0.500. The summed E-state index contributed by atoms with van der Waals surface area (Å²) in [4.78, 5) is 11.5. The molecule has 0 saturated carbocycles. The summed E-state index contributed by atoms with van der Waals surface area (Å²) in [5.74, 6) is 0.436. The van der Waals surface area contributed by atoms with Crippen LogP contribution in [0.5, 0.6) is 0 Å². The highest BCUT2D eigenvalue weighted by Crippen LogP contribution is 2.35. The van der Waals surface area contributed by atoms with Crippen molar-refractivity contribution in [1.29, 1.82) is 0 Å². The van der Waals surface area contributed by atoms with Crippen molar-refractivity contribution < 1.29 is 17.9 Å². The van der Waals surface area contributed by atoms with E-state index >= 15 is 0 Å². The van der Waals surface area contributed by atoms with Gasteiger partial charge in [-0.25, -0.2) is 4.98 Å².